The first-order chi connectivity index (χ1) is 12.5. The van der Waals surface area contributed by atoms with Gasteiger partial charge in [0.2, 0.25) is 6.10 Å². The van der Waals surface area contributed by atoms with E-state index in [9.17, 15) is 14.0 Å². The van der Waals surface area contributed by atoms with Crippen molar-refractivity contribution < 1.29 is 23.5 Å². The van der Waals surface area contributed by atoms with E-state index in [0.29, 0.717) is 12.1 Å². The Bertz CT molecular complexity index is 859. The number of carbonyl (C=O) groups excluding carboxylic acids is 2. The van der Waals surface area contributed by atoms with Crippen molar-refractivity contribution in [3.8, 4) is 5.69 Å². The smallest absolute Gasteiger partial charge is 0.360 e. The average Bonchev–Trinajstić information content (AvgIpc) is 3.16. The summed E-state index contributed by atoms with van der Waals surface area (Å²) in [5, 5.41) is 4.45. The van der Waals surface area contributed by atoms with Crippen LogP contribution in [0.5, 0.6) is 0 Å². The summed E-state index contributed by atoms with van der Waals surface area (Å²) in [7, 11) is 0. The van der Waals surface area contributed by atoms with E-state index in [4.69, 9.17) is 9.47 Å². The van der Waals surface area contributed by atoms with Crippen molar-refractivity contribution in [1.82, 2.24) is 9.78 Å². The second-order valence-corrected chi connectivity index (χ2v) is 6.75. The molecule has 0 N–H and O–H groups in total. The number of halogens is 1. The molecular formula is C19H19FN2O4. The van der Waals surface area contributed by atoms with E-state index in [0.717, 1.165) is 36.9 Å². The molecule has 1 aliphatic heterocycles. The number of carbonyl (C=O) groups is 2. The number of rotatable bonds is 3. The van der Waals surface area contributed by atoms with E-state index in [1.54, 1.807) is 23.7 Å². The van der Waals surface area contributed by atoms with Gasteiger partial charge >= 0.3 is 11.9 Å². The molecule has 2 aromatic rings. The first kappa shape index (κ1) is 16.8. The Morgan fingerprint density at radius 3 is 2.69 bits per heavy atom. The molecule has 0 radical (unpaired) electrons. The number of fused-ring (bicyclic) bond motifs is 1. The van der Waals surface area contributed by atoms with E-state index in [1.807, 2.05) is 0 Å². The number of nitrogens with zero attached hydrogens (tertiary/aromatic N) is 2. The molecule has 2 aliphatic rings. The normalized spacial score (nSPS) is 22.0. The summed E-state index contributed by atoms with van der Waals surface area (Å²) in [6.07, 6.45) is 2.69. The van der Waals surface area contributed by atoms with Crippen molar-refractivity contribution in [3.63, 3.8) is 0 Å². The minimum absolute atomic E-state index is 0.233. The third-order valence-corrected chi connectivity index (χ3v) is 4.82. The fourth-order valence-corrected chi connectivity index (χ4v) is 3.56. The van der Waals surface area contributed by atoms with Crippen LogP contribution in [0.2, 0.25) is 0 Å². The maximum atomic E-state index is 13.2. The van der Waals surface area contributed by atoms with Crippen molar-refractivity contribution in [2.24, 2.45) is 0 Å². The fraction of sp³-hybridized carbons (Fsp3) is 0.421. The lowest BCUT2D eigenvalue weighted by molar-refractivity contribution is -0.147. The minimum Gasteiger partial charge on any atom is -0.460 e. The topological polar surface area (TPSA) is 70.4 Å². The number of aromatic nitrogens is 2. The van der Waals surface area contributed by atoms with Gasteiger partial charge in [0.05, 0.1) is 5.69 Å². The zero-order valence-corrected chi connectivity index (χ0v) is 14.4. The number of benzene rings is 1. The van der Waals surface area contributed by atoms with Gasteiger partial charge in [-0.3, -0.25) is 0 Å². The summed E-state index contributed by atoms with van der Waals surface area (Å²) in [6, 6.07) is 5.98. The van der Waals surface area contributed by atoms with Gasteiger partial charge in [-0.2, -0.15) is 5.10 Å². The van der Waals surface area contributed by atoms with E-state index >= 15 is 0 Å². The molecule has 0 spiro atoms. The van der Waals surface area contributed by atoms with Gasteiger partial charge in [0.25, 0.3) is 0 Å². The van der Waals surface area contributed by atoms with Crippen LogP contribution < -0.4 is 0 Å². The van der Waals surface area contributed by atoms with Crippen LogP contribution in [-0.2, 0) is 27.1 Å². The molecule has 1 aromatic heterocycles. The maximum absolute atomic E-state index is 13.2. The average molecular weight is 358 g/mol. The molecule has 1 fully saturated rings. The molecule has 1 saturated heterocycles. The Morgan fingerprint density at radius 2 is 2.00 bits per heavy atom. The molecule has 1 aliphatic carbocycles. The number of cyclic esters (lactones) is 1. The third-order valence-electron chi connectivity index (χ3n) is 4.82. The van der Waals surface area contributed by atoms with Gasteiger partial charge in [0, 0.05) is 17.7 Å². The van der Waals surface area contributed by atoms with E-state index in [1.165, 1.54) is 12.1 Å². The van der Waals surface area contributed by atoms with Gasteiger partial charge in [-0.05, 0) is 56.9 Å². The summed E-state index contributed by atoms with van der Waals surface area (Å²) in [4.78, 5) is 24.4. The molecular weight excluding hydrogens is 339 g/mol. The Labute approximate surface area is 149 Å². The Balaban J connectivity index is 1.67. The van der Waals surface area contributed by atoms with Crippen LogP contribution in [0.15, 0.2) is 24.3 Å². The number of ether oxygens (including phenoxy) is 2. The molecule has 0 amide bonds. The quantitative estimate of drug-likeness (QED) is 0.789. The summed E-state index contributed by atoms with van der Waals surface area (Å²) in [5.74, 6) is -1.46. The molecule has 4 rings (SSSR count). The molecule has 0 bridgehead atoms. The van der Waals surface area contributed by atoms with Gasteiger partial charge < -0.3 is 9.47 Å². The predicted octanol–water partition coefficient (Wildman–Crippen LogP) is 2.75. The first-order valence-electron chi connectivity index (χ1n) is 8.81. The molecule has 26 heavy (non-hydrogen) atoms. The van der Waals surface area contributed by atoms with Crippen molar-refractivity contribution >= 4 is 11.9 Å². The molecule has 136 valence electrons. The van der Waals surface area contributed by atoms with Crippen LogP contribution in [0.4, 0.5) is 4.39 Å². The van der Waals surface area contributed by atoms with Crippen molar-refractivity contribution in [1.29, 1.82) is 0 Å². The van der Waals surface area contributed by atoms with Crippen molar-refractivity contribution in [2.75, 3.05) is 0 Å². The highest BCUT2D eigenvalue weighted by Crippen LogP contribution is 2.28. The zero-order chi connectivity index (χ0) is 18.3. The summed E-state index contributed by atoms with van der Waals surface area (Å²) >= 11 is 0. The van der Waals surface area contributed by atoms with E-state index in [-0.39, 0.29) is 17.6 Å². The predicted molar refractivity (Wildman–Crippen MR) is 89.5 cm³/mol. The standard InChI is InChI=1S/C19H19FN2O4/c1-11-10-16(18(23)25-11)26-19(24)17-14-4-2-3-5-15(14)22(21-17)13-8-6-12(20)7-9-13/h6-9,11,16H,2-5,10H2,1H3/t11-,16-/m1/s1. The van der Waals surface area contributed by atoms with Crippen LogP contribution in [0, 0.1) is 5.82 Å². The van der Waals surface area contributed by atoms with Crippen LogP contribution >= 0.6 is 0 Å². The van der Waals surface area contributed by atoms with Crippen LogP contribution in [0.3, 0.4) is 0 Å². The lowest BCUT2D eigenvalue weighted by Crippen LogP contribution is -2.23. The molecule has 0 saturated carbocycles. The minimum atomic E-state index is -0.882. The van der Waals surface area contributed by atoms with Crippen LogP contribution in [0.25, 0.3) is 5.69 Å². The highest BCUT2D eigenvalue weighted by atomic mass is 19.1. The zero-order valence-electron chi connectivity index (χ0n) is 14.4. The second-order valence-electron chi connectivity index (χ2n) is 6.75. The maximum Gasteiger partial charge on any atom is 0.360 e. The molecule has 6 nitrogen and oxygen atoms in total. The lowest BCUT2D eigenvalue weighted by atomic mass is 9.95. The summed E-state index contributed by atoms with van der Waals surface area (Å²) < 4.78 is 25.3. The highest BCUT2D eigenvalue weighted by Gasteiger charge is 2.37. The number of hydrogen-bond donors (Lipinski definition) is 0. The van der Waals surface area contributed by atoms with Crippen LogP contribution in [-0.4, -0.2) is 33.9 Å². The third kappa shape index (κ3) is 2.98. The van der Waals surface area contributed by atoms with Gasteiger partial charge in [-0.1, -0.05) is 0 Å². The van der Waals surface area contributed by atoms with Gasteiger partial charge in [0.1, 0.15) is 11.9 Å². The second kappa shape index (κ2) is 6.55. The van der Waals surface area contributed by atoms with E-state index in [2.05, 4.69) is 5.10 Å². The largest absolute Gasteiger partial charge is 0.460 e. The molecule has 0 unspecified atom stereocenters. The highest BCUT2D eigenvalue weighted by molar-refractivity contribution is 5.92. The van der Waals surface area contributed by atoms with Crippen LogP contribution in [0.1, 0.15) is 47.9 Å². The van der Waals surface area contributed by atoms with Crippen molar-refractivity contribution in [2.45, 2.75) is 51.2 Å². The number of esters is 2. The Morgan fingerprint density at radius 1 is 1.27 bits per heavy atom. The molecule has 2 atom stereocenters. The number of hydrogen-bond acceptors (Lipinski definition) is 5. The molecule has 7 heteroatoms. The molecule has 1 aromatic carbocycles. The lowest BCUT2D eigenvalue weighted by Gasteiger charge is -2.14. The monoisotopic (exact) mass is 358 g/mol. The molecule has 2 heterocycles. The van der Waals surface area contributed by atoms with Gasteiger partial charge in [0.15, 0.2) is 5.69 Å². The van der Waals surface area contributed by atoms with Gasteiger partial charge in [-0.25, -0.2) is 18.7 Å². The SMILES string of the molecule is C[C@@H]1C[C@@H](OC(=O)c2nn(-c3ccc(F)cc3)c3c2CCCC3)C(=O)O1. The Hall–Kier alpha value is -2.70. The Kier molecular flexibility index (Phi) is 4.22. The van der Waals surface area contributed by atoms with Gasteiger partial charge in [-0.15, -0.1) is 0 Å². The summed E-state index contributed by atoms with van der Waals surface area (Å²) in [6.45, 7) is 1.76. The van der Waals surface area contributed by atoms with E-state index < -0.39 is 18.0 Å². The van der Waals surface area contributed by atoms with Crippen molar-refractivity contribution in [3.05, 3.63) is 47.0 Å². The fourth-order valence-electron chi connectivity index (χ4n) is 3.56. The summed E-state index contributed by atoms with van der Waals surface area (Å²) in [5.41, 5.74) is 2.72. The first-order valence-corrected chi connectivity index (χ1v) is 8.81.